The van der Waals surface area contributed by atoms with Gasteiger partial charge >= 0.3 is 0 Å². The number of hydrogen-bond donors (Lipinski definition) is 2. The second kappa shape index (κ2) is 5.95. The van der Waals surface area contributed by atoms with Crippen molar-refractivity contribution in [2.45, 2.75) is 6.54 Å². The molecule has 0 saturated carbocycles. The van der Waals surface area contributed by atoms with Gasteiger partial charge in [0.05, 0.1) is 11.4 Å². The summed E-state index contributed by atoms with van der Waals surface area (Å²) in [5.74, 6) is 0.492. The molecular weight excluding hydrogens is 243 g/mol. The molecule has 19 heavy (non-hydrogen) atoms. The summed E-state index contributed by atoms with van der Waals surface area (Å²) in [5.41, 5.74) is 2.40. The summed E-state index contributed by atoms with van der Waals surface area (Å²) in [4.78, 5) is 8.18. The third kappa shape index (κ3) is 3.51. The van der Waals surface area contributed by atoms with Gasteiger partial charge in [-0.2, -0.15) is 0 Å². The minimum Gasteiger partial charge on any atom is -0.380 e. The maximum absolute atomic E-state index is 12.8. The topological polar surface area (TPSA) is 49.8 Å². The zero-order chi connectivity index (χ0) is 13.7. The predicted molar refractivity (Wildman–Crippen MR) is 73.9 cm³/mol. The molecule has 2 aromatic rings. The second-order valence-electron chi connectivity index (χ2n) is 4.00. The first-order valence-electron chi connectivity index (χ1n) is 5.86. The van der Waals surface area contributed by atoms with E-state index < -0.39 is 0 Å². The minimum atomic E-state index is -0.239. The van der Waals surface area contributed by atoms with Crippen molar-refractivity contribution in [1.29, 1.82) is 0 Å². The number of nitrogens with zero attached hydrogens (tertiary/aromatic N) is 2. The Kier molecular flexibility index (Phi) is 4.07. The summed E-state index contributed by atoms with van der Waals surface area (Å²) in [6.07, 6.45) is 1.48. The van der Waals surface area contributed by atoms with E-state index in [1.807, 2.05) is 0 Å². The lowest BCUT2D eigenvalue weighted by Gasteiger charge is -2.09. The van der Waals surface area contributed by atoms with E-state index in [0.29, 0.717) is 12.2 Å². The lowest BCUT2D eigenvalue weighted by atomic mass is 10.2. The van der Waals surface area contributed by atoms with E-state index >= 15 is 0 Å². The SMILES string of the molecule is C=C(NCc1ccc(F)cc1)c1cc(NC)ncn1. The molecule has 0 saturated heterocycles. The lowest BCUT2D eigenvalue weighted by molar-refractivity contribution is 0.626. The quantitative estimate of drug-likeness (QED) is 0.864. The van der Waals surface area contributed by atoms with Gasteiger partial charge in [-0.15, -0.1) is 0 Å². The number of hydrogen-bond acceptors (Lipinski definition) is 4. The molecule has 0 unspecified atom stereocenters. The average Bonchev–Trinajstić information content (AvgIpc) is 2.46. The van der Waals surface area contributed by atoms with Gasteiger partial charge in [0.15, 0.2) is 0 Å². The van der Waals surface area contributed by atoms with Crippen molar-refractivity contribution < 1.29 is 4.39 Å². The molecule has 0 fully saturated rings. The van der Waals surface area contributed by atoms with Crippen LogP contribution in [0.5, 0.6) is 0 Å². The summed E-state index contributed by atoms with van der Waals surface area (Å²) in [6.45, 7) is 4.50. The van der Waals surface area contributed by atoms with Crippen LogP contribution in [0.1, 0.15) is 11.3 Å². The van der Waals surface area contributed by atoms with Crippen molar-refractivity contribution in [3.63, 3.8) is 0 Å². The first-order chi connectivity index (χ1) is 9.19. The number of halogens is 1. The molecule has 0 aliphatic rings. The third-order valence-electron chi connectivity index (χ3n) is 2.65. The molecule has 2 rings (SSSR count). The van der Waals surface area contributed by atoms with Gasteiger partial charge in [0.2, 0.25) is 0 Å². The van der Waals surface area contributed by atoms with E-state index in [1.165, 1.54) is 18.5 Å². The maximum Gasteiger partial charge on any atom is 0.129 e. The van der Waals surface area contributed by atoms with Crippen LogP contribution in [0.2, 0.25) is 0 Å². The molecule has 0 bridgehead atoms. The molecule has 5 heteroatoms. The van der Waals surface area contributed by atoms with E-state index in [-0.39, 0.29) is 5.82 Å². The fraction of sp³-hybridized carbons (Fsp3) is 0.143. The van der Waals surface area contributed by atoms with Crippen molar-refractivity contribution in [3.05, 3.63) is 60.3 Å². The molecular formula is C14H15FN4. The molecule has 1 aromatic carbocycles. The van der Waals surface area contributed by atoms with Gasteiger partial charge in [0.1, 0.15) is 18.0 Å². The normalized spacial score (nSPS) is 10.0. The monoisotopic (exact) mass is 258 g/mol. The van der Waals surface area contributed by atoms with Gasteiger partial charge in [0, 0.05) is 19.7 Å². The van der Waals surface area contributed by atoms with E-state index in [4.69, 9.17) is 0 Å². The highest BCUT2D eigenvalue weighted by molar-refractivity contribution is 5.60. The van der Waals surface area contributed by atoms with Crippen LogP contribution in [0.25, 0.3) is 5.70 Å². The predicted octanol–water partition coefficient (Wildman–Crippen LogP) is 2.42. The number of anilines is 1. The van der Waals surface area contributed by atoms with Crippen molar-refractivity contribution in [2.24, 2.45) is 0 Å². The zero-order valence-corrected chi connectivity index (χ0v) is 10.7. The number of nitrogens with one attached hydrogen (secondary N) is 2. The van der Waals surface area contributed by atoms with Crippen LogP contribution in [-0.2, 0) is 6.54 Å². The number of aromatic nitrogens is 2. The highest BCUT2D eigenvalue weighted by Gasteiger charge is 2.02. The van der Waals surface area contributed by atoms with Gasteiger partial charge in [-0.25, -0.2) is 14.4 Å². The van der Waals surface area contributed by atoms with Crippen molar-refractivity contribution in [3.8, 4) is 0 Å². The smallest absolute Gasteiger partial charge is 0.129 e. The van der Waals surface area contributed by atoms with Crippen molar-refractivity contribution >= 4 is 11.5 Å². The summed E-state index contributed by atoms with van der Waals surface area (Å²) < 4.78 is 12.8. The Morgan fingerprint density at radius 3 is 2.68 bits per heavy atom. The fourth-order valence-electron chi connectivity index (χ4n) is 1.56. The van der Waals surface area contributed by atoms with E-state index in [9.17, 15) is 4.39 Å². The summed E-state index contributed by atoms with van der Waals surface area (Å²) in [7, 11) is 1.79. The maximum atomic E-state index is 12.8. The summed E-state index contributed by atoms with van der Waals surface area (Å²) in [6, 6.07) is 8.14. The van der Waals surface area contributed by atoms with Crippen LogP contribution in [-0.4, -0.2) is 17.0 Å². The van der Waals surface area contributed by atoms with Crippen LogP contribution in [0.4, 0.5) is 10.2 Å². The number of rotatable bonds is 5. The lowest BCUT2D eigenvalue weighted by Crippen LogP contribution is -2.12. The standard InChI is InChI=1S/C14H15FN4/c1-10(13-7-14(16-2)19-9-18-13)17-8-11-3-5-12(15)6-4-11/h3-7,9,17H,1,8H2,2H3,(H,16,18,19). The Morgan fingerprint density at radius 1 is 1.26 bits per heavy atom. The van der Waals surface area contributed by atoms with Crippen LogP contribution >= 0.6 is 0 Å². The van der Waals surface area contributed by atoms with Crippen LogP contribution in [0, 0.1) is 5.82 Å². The molecule has 98 valence electrons. The molecule has 0 aliphatic carbocycles. The molecule has 1 heterocycles. The molecule has 0 atom stereocenters. The Hall–Kier alpha value is -2.43. The van der Waals surface area contributed by atoms with Crippen LogP contribution in [0.3, 0.4) is 0 Å². The van der Waals surface area contributed by atoms with Gasteiger partial charge in [-0.1, -0.05) is 18.7 Å². The van der Waals surface area contributed by atoms with Gasteiger partial charge in [0.25, 0.3) is 0 Å². The van der Waals surface area contributed by atoms with E-state index in [2.05, 4.69) is 27.2 Å². The Balaban J connectivity index is 1.99. The minimum absolute atomic E-state index is 0.239. The van der Waals surface area contributed by atoms with Crippen molar-refractivity contribution in [2.75, 3.05) is 12.4 Å². The largest absolute Gasteiger partial charge is 0.380 e. The zero-order valence-electron chi connectivity index (χ0n) is 10.7. The first kappa shape index (κ1) is 13.0. The molecule has 2 N–H and O–H groups in total. The van der Waals surface area contributed by atoms with Crippen LogP contribution in [0.15, 0.2) is 43.2 Å². The molecule has 4 nitrogen and oxygen atoms in total. The molecule has 1 aromatic heterocycles. The van der Waals surface area contributed by atoms with Gasteiger partial charge < -0.3 is 10.6 Å². The molecule has 0 amide bonds. The molecule has 0 spiro atoms. The Morgan fingerprint density at radius 2 is 2.00 bits per heavy atom. The molecule has 0 aliphatic heterocycles. The summed E-state index contributed by atoms with van der Waals surface area (Å²) >= 11 is 0. The highest BCUT2D eigenvalue weighted by atomic mass is 19.1. The average molecular weight is 258 g/mol. The second-order valence-corrected chi connectivity index (χ2v) is 4.00. The van der Waals surface area contributed by atoms with Crippen LogP contribution < -0.4 is 10.6 Å². The van der Waals surface area contributed by atoms with Gasteiger partial charge in [-0.05, 0) is 17.7 Å². The Bertz CT molecular complexity index is 566. The fourth-order valence-corrected chi connectivity index (χ4v) is 1.56. The Labute approximate surface area is 111 Å². The van der Waals surface area contributed by atoms with E-state index in [1.54, 1.807) is 25.2 Å². The van der Waals surface area contributed by atoms with Gasteiger partial charge in [-0.3, -0.25) is 0 Å². The third-order valence-corrected chi connectivity index (χ3v) is 2.65. The highest BCUT2D eigenvalue weighted by Crippen LogP contribution is 2.11. The first-order valence-corrected chi connectivity index (χ1v) is 5.86. The summed E-state index contributed by atoms with van der Waals surface area (Å²) in [5, 5.41) is 6.09. The molecule has 0 radical (unpaired) electrons. The van der Waals surface area contributed by atoms with E-state index in [0.717, 1.165) is 17.1 Å². The van der Waals surface area contributed by atoms with Crippen molar-refractivity contribution in [1.82, 2.24) is 15.3 Å². The number of benzene rings is 1.